The highest BCUT2D eigenvalue weighted by Crippen LogP contribution is 2.21. The molecule has 0 radical (unpaired) electrons. The highest BCUT2D eigenvalue weighted by atomic mass is 16.2. The van der Waals surface area contributed by atoms with Crippen molar-refractivity contribution in [3.63, 3.8) is 0 Å². The molecule has 1 aromatic carbocycles. The van der Waals surface area contributed by atoms with Gasteiger partial charge in [-0.05, 0) is 30.5 Å². The van der Waals surface area contributed by atoms with Crippen molar-refractivity contribution in [2.24, 2.45) is 5.73 Å². The average molecular weight is 275 g/mol. The summed E-state index contributed by atoms with van der Waals surface area (Å²) < 4.78 is 0. The molecule has 1 unspecified atom stereocenters. The van der Waals surface area contributed by atoms with Gasteiger partial charge in [0, 0.05) is 32.7 Å². The lowest BCUT2D eigenvalue weighted by molar-refractivity contribution is -0.132. The van der Waals surface area contributed by atoms with Crippen LogP contribution in [0.4, 0.5) is 0 Å². The largest absolute Gasteiger partial charge is 0.347 e. The van der Waals surface area contributed by atoms with Crippen molar-refractivity contribution < 1.29 is 9.59 Å². The van der Waals surface area contributed by atoms with Gasteiger partial charge in [0.1, 0.15) is 6.04 Å². The van der Waals surface area contributed by atoms with Crippen LogP contribution in [0.1, 0.15) is 28.8 Å². The molecule has 0 aromatic heterocycles. The molecule has 1 saturated heterocycles. The van der Waals surface area contributed by atoms with Crippen molar-refractivity contribution in [3.05, 3.63) is 35.4 Å². The second kappa shape index (κ2) is 6.05. The molecule has 5 heteroatoms. The Morgan fingerprint density at radius 2 is 2.15 bits per heavy atom. The van der Waals surface area contributed by atoms with Gasteiger partial charge in [0.2, 0.25) is 5.91 Å². The number of likely N-dealkylation sites (tertiary alicyclic amines) is 1. The molecule has 1 fully saturated rings. The van der Waals surface area contributed by atoms with Crippen LogP contribution in [0.2, 0.25) is 0 Å². The fourth-order valence-electron chi connectivity index (χ4n) is 2.56. The first kappa shape index (κ1) is 14.5. The summed E-state index contributed by atoms with van der Waals surface area (Å²) in [4.78, 5) is 27.9. The van der Waals surface area contributed by atoms with Gasteiger partial charge in [-0.15, -0.1) is 0 Å². The Morgan fingerprint density at radius 1 is 1.40 bits per heavy atom. The van der Waals surface area contributed by atoms with Crippen LogP contribution in [0.5, 0.6) is 0 Å². The number of carbonyl (C=O) groups is 2. The third kappa shape index (κ3) is 2.82. The van der Waals surface area contributed by atoms with Gasteiger partial charge in [0.15, 0.2) is 0 Å². The molecular formula is C15H21N3O2. The summed E-state index contributed by atoms with van der Waals surface area (Å²) in [5.41, 5.74) is 7.13. The lowest BCUT2D eigenvalue weighted by atomic mass is 10.1. The standard InChI is InChI=1S/C15H21N3O2/c1-17(2)15(20)13-7-4-8-18(13)14(19)12-6-3-5-11(9-12)10-16/h3,5-6,9,13H,4,7-8,10,16H2,1-2H3. The maximum atomic E-state index is 12.6. The quantitative estimate of drug-likeness (QED) is 0.889. The van der Waals surface area contributed by atoms with Gasteiger partial charge >= 0.3 is 0 Å². The summed E-state index contributed by atoms with van der Waals surface area (Å²) >= 11 is 0. The van der Waals surface area contributed by atoms with Crippen LogP contribution in [-0.2, 0) is 11.3 Å². The first-order chi connectivity index (χ1) is 9.54. The third-order valence-electron chi connectivity index (χ3n) is 3.65. The molecular weight excluding hydrogens is 254 g/mol. The zero-order valence-corrected chi connectivity index (χ0v) is 12.0. The van der Waals surface area contributed by atoms with E-state index in [9.17, 15) is 9.59 Å². The Bertz CT molecular complexity index is 514. The summed E-state index contributed by atoms with van der Waals surface area (Å²) in [7, 11) is 3.44. The fourth-order valence-corrected chi connectivity index (χ4v) is 2.56. The van der Waals surface area contributed by atoms with E-state index < -0.39 is 0 Å². The van der Waals surface area contributed by atoms with Crippen molar-refractivity contribution in [2.75, 3.05) is 20.6 Å². The maximum Gasteiger partial charge on any atom is 0.254 e. The minimum absolute atomic E-state index is 0.00849. The van der Waals surface area contributed by atoms with Crippen molar-refractivity contribution in [1.29, 1.82) is 0 Å². The van der Waals surface area contributed by atoms with Gasteiger partial charge in [-0.25, -0.2) is 0 Å². The number of likely N-dealkylation sites (N-methyl/N-ethyl adjacent to an activating group) is 1. The van der Waals surface area contributed by atoms with Gasteiger partial charge in [-0.1, -0.05) is 12.1 Å². The lowest BCUT2D eigenvalue weighted by Gasteiger charge is -2.26. The normalized spacial score (nSPS) is 18.1. The summed E-state index contributed by atoms with van der Waals surface area (Å²) in [6, 6.07) is 6.96. The van der Waals surface area contributed by atoms with E-state index in [2.05, 4.69) is 0 Å². The minimum atomic E-state index is -0.334. The highest BCUT2D eigenvalue weighted by molar-refractivity contribution is 5.98. The highest BCUT2D eigenvalue weighted by Gasteiger charge is 2.35. The molecule has 1 aliphatic rings. The van der Waals surface area contributed by atoms with E-state index in [4.69, 9.17) is 5.73 Å². The maximum absolute atomic E-state index is 12.6. The molecule has 0 spiro atoms. The smallest absolute Gasteiger partial charge is 0.254 e. The van der Waals surface area contributed by atoms with Gasteiger partial charge in [-0.3, -0.25) is 9.59 Å². The van der Waals surface area contributed by atoms with E-state index in [1.165, 1.54) is 0 Å². The van der Waals surface area contributed by atoms with Crippen LogP contribution in [-0.4, -0.2) is 48.3 Å². The number of carbonyl (C=O) groups excluding carboxylic acids is 2. The van der Waals surface area contributed by atoms with Crippen molar-refractivity contribution in [3.8, 4) is 0 Å². The molecule has 1 heterocycles. The van der Waals surface area contributed by atoms with E-state index in [1.54, 1.807) is 36.0 Å². The number of benzene rings is 1. The SMILES string of the molecule is CN(C)C(=O)C1CCCN1C(=O)c1cccc(CN)c1. The molecule has 2 amide bonds. The first-order valence-electron chi connectivity index (χ1n) is 6.85. The minimum Gasteiger partial charge on any atom is -0.347 e. The van der Waals surface area contributed by atoms with Crippen molar-refractivity contribution in [2.45, 2.75) is 25.4 Å². The summed E-state index contributed by atoms with van der Waals surface area (Å²) in [6.45, 7) is 1.04. The Balaban J connectivity index is 2.21. The monoisotopic (exact) mass is 275 g/mol. The molecule has 0 bridgehead atoms. The molecule has 2 rings (SSSR count). The Hall–Kier alpha value is -1.88. The third-order valence-corrected chi connectivity index (χ3v) is 3.65. The number of rotatable bonds is 3. The van der Waals surface area contributed by atoms with Gasteiger partial charge in [0.05, 0.1) is 0 Å². The summed E-state index contributed by atoms with van der Waals surface area (Å²) in [6.07, 6.45) is 1.60. The van der Waals surface area contributed by atoms with E-state index in [1.807, 2.05) is 12.1 Å². The molecule has 1 aliphatic heterocycles. The van der Waals surface area contributed by atoms with E-state index >= 15 is 0 Å². The predicted octanol–water partition coefficient (Wildman–Crippen LogP) is 0.838. The second-order valence-electron chi connectivity index (χ2n) is 5.29. The lowest BCUT2D eigenvalue weighted by Crippen LogP contribution is -2.45. The van der Waals surface area contributed by atoms with Crippen LogP contribution in [0.3, 0.4) is 0 Å². The molecule has 1 atom stereocenters. The van der Waals surface area contributed by atoms with Gasteiger partial charge < -0.3 is 15.5 Å². The zero-order valence-electron chi connectivity index (χ0n) is 12.0. The Morgan fingerprint density at radius 3 is 2.80 bits per heavy atom. The Kier molecular flexibility index (Phi) is 4.39. The van der Waals surface area contributed by atoms with Crippen LogP contribution >= 0.6 is 0 Å². The zero-order chi connectivity index (χ0) is 14.7. The summed E-state index contributed by atoms with van der Waals surface area (Å²) in [5, 5.41) is 0. The van der Waals surface area contributed by atoms with E-state index in [0.717, 1.165) is 18.4 Å². The van der Waals surface area contributed by atoms with Gasteiger partial charge in [0.25, 0.3) is 5.91 Å². The van der Waals surface area contributed by atoms with Crippen LogP contribution < -0.4 is 5.73 Å². The van der Waals surface area contributed by atoms with E-state index in [-0.39, 0.29) is 17.9 Å². The number of nitrogens with zero attached hydrogens (tertiary/aromatic N) is 2. The number of hydrogen-bond acceptors (Lipinski definition) is 3. The number of nitrogens with two attached hydrogens (primary N) is 1. The molecule has 108 valence electrons. The average Bonchev–Trinajstić information content (AvgIpc) is 2.94. The molecule has 0 saturated carbocycles. The predicted molar refractivity (Wildman–Crippen MR) is 77.1 cm³/mol. The first-order valence-corrected chi connectivity index (χ1v) is 6.85. The topological polar surface area (TPSA) is 66.6 Å². The fraction of sp³-hybridized carbons (Fsp3) is 0.467. The van der Waals surface area contributed by atoms with Crippen LogP contribution in [0.25, 0.3) is 0 Å². The molecule has 20 heavy (non-hydrogen) atoms. The molecule has 5 nitrogen and oxygen atoms in total. The van der Waals surface area contributed by atoms with Crippen molar-refractivity contribution >= 4 is 11.8 Å². The Labute approximate surface area is 119 Å². The molecule has 0 aliphatic carbocycles. The second-order valence-corrected chi connectivity index (χ2v) is 5.29. The summed E-state index contributed by atoms with van der Waals surface area (Å²) in [5.74, 6) is -0.0937. The van der Waals surface area contributed by atoms with E-state index in [0.29, 0.717) is 18.7 Å². The van der Waals surface area contributed by atoms with Crippen LogP contribution in [0.15, 0.2) is 24.3 Å². The number of hydrogen-bond donors (Lipinski definition) is 1. The molecule has 1 aromatic rings. The number of amides is 2. The van der Waals surface area contributed by atoms with Crippen molar-refractivity contribution in [1.82, 2.24) is 9.80 Å². The molecule has 2 N–H and O–H groups in total. The van der Waals surface area contributed by atoms with Gasteiger partial charge in [-0.2, -0.15) is 0 Å². The van der Waals surface area contributed by atoms with Crippen LogP contribution in [0, 0.1) is 0 Å².